The van der Waals surface area contributed by atoms with Crippen molar-refractivity contribution in [2.45, 2.75) is 48.6 Å². The van der Waals surface area contributed by atoms with E-state index in [4.69, 9.17) is 69.1 Å². The number of aliphatic hydroxyl groups excluding tert-OH is 1. The van der Waals surface area contributed by atoms with Crippen LogP contribution in [0.3, 0.4) is 0 Å². The Morgan fingerprint density at radius 2 is 1.77 bits per heavy atom. The molecule has 4 aromatic rings. The first-order valence-electron chi connectivity index (χ1n) is 13.3. The average Bonchev–Trinajstić information content (AvgIpc) is 3.76. The van der Waals surface area contributed by atoms with Crippen LogP contribution in [0, 0.1) is 12.3 Å². The van der Waals surface area contributed by atoms with Gasteiger partial charge in [0.25, 0.3) is 5.56 Å². The van der Waals surface area contributed by atoms with Crippen LogP contribution in [-0.4, -0.2) is 103 Å². The number of anilines is 2. The molecule has 25 heteroatoms. The van der Waals surface area contributed by atoms with Gasteiger partial charge >= 0.3 is 13.4 Å². The van der Waals surface area contributed by atoms with E-state index < -0.39 is 80.9 Å². The number of imidazole rings is 2. The van der Waals surface area contributed by atoms with Gasteiger partial charge in [-0.15, -0.1) is 6.42 Å². The Labute approximate surface area is 271 Å². The highest BCUT2D eigenvalue weighted by atomic mass is 32.5. The van der Waals surface area contributed by atoms with E-state index in [0.29, 0.717) is 0 Å². The summed E-state index contributed by atoms with van der Waals surface area (Å²) in [6.45, 7) is -10.4. The van der Waals surface area contributed by atoms with Crippen molar-refractivity contribution >= 4 is 71.1 Å². The minimum Gasteiger partial charge on any atom is -0.385 e. The Morgan fingerprint density at radius 3 is 2.51 bits per heavy atom. The van der Waals surface area contributed by atoms with Crippen molar-refractivity contribution in [3.8, 4) is 12.3 Å². The van der Waals surface area contributed by atoms with E-state index in [1.54, 1.807) is 0 Å². The highest BCUT2D eigenvalue weighted by Crippen LogP contribution is 2.56. The van der Waals surface area contributed by atoms with Crippen LogP contribution in [0.15, 0.2) is 23.8 Å². The normalized spacial score (nSPS) is 38.0. The molecule has 3 fully saturated rings. The number of nitrogens with one attached hydrogen (secondary N) is 1. The number of aliphatic hydroxyl groups is 1. The Kier molecular flexibility index (Phi) is 7.96. The largest absolute Gasteiger partial charge is 0.385 e. The van der Waals surface area contributed by atoms with Gasteiger partial charge in [-0.2, -0.15) is 4.98 Å². The van der Waals surface area contributed by atoms with Gasteiger partial charge in [-0.3, -0.25) is 28.0 Å². The van der Waals surface area contributed by atoms with Gasteiger partial charge in [-0.25, -0.2) is 24.3 Å². The standard InChI is InChI=1S/C22H23FN10O10P2S2/c1-2-22-4-39-45(37,47)42-13-9(23)8(40-20(13)33-7-29-11-17(33)30-21(25)31-18(11)35)3-38-44(36,46)43-14(22)12(34)19(41-22)32-6-28-10-15(24)26-5-27-16(10)32/h1,5-9,12-14,19-20,34H,3-4H2,(H,36,46)(H,37,47)(H2,24,26,27)(H3,25,30,31,35)/t8-,9+,12-,13-,14+,19-,20-,22-,44?,45?/m1/s1. The third kappa shape index (κ3) is 5.54. The molecule has 47 heavy (non-hydrogen) atoms. The van der Waals surface area contributed by atoms with E-state index in [0.717, 1.165) is 10.9 Å². The maximum atomic E-state index is 16.0. The summed E-state index contributed by atoms with van der Waals surface area (Å²) in [5, 5.41) is 11.5. The van der Waals surface area contributed by atoms with Crippen molar-refractivity contribution in [2.24, 2.45) is 0 Å². The number of fused-ring (bicyclic) bond motifs is 5. The van der Waals surface area contributed by atoms with Gasteiger partial charge in [0.2, 0.25) is 5.95 Å². The number of aromatic amines is 1. The van der Waals surface area contributed by atoms with Gasteiger partial charge in [0.15, 0.2) is 46.9 Å². The third-order valence-corrected chi connectivity index (χ3v) is 10.7. The van der Waals surface area contributed by atoms with Gasteiger partial charge in [0, 0.05) is 0 Å². The predicted octanol–water partition coefficient (Wildman–Crippen LogP) is -1.13. The van der Waals surface area contributed by atoms with Crippen LogP contribution in [-0.2, 0) is 51.2 Å². The molecular formula is C22H23FN10O10P2S2. The van der Waals surface area contributed by atoms with Crippen LogP contribution in [0.5, 0.6) is 0 Å². The summed E-state index contributed by atoms with van der Waals surface area (Å²) < 4.78 is 52.7. The van der Waals surface area contributed by atoms with Crippen molar-refractivity contribution in [2.75, 3.05) is 24.7 Å². The number of H-pyrrole nitrogens is 1. The molecule has 0 radical (unpaired) electrons. The van der Waals surface area contributed by atoms with Crippen molar-refractivity contribution in [3.05, 3.63) is 29.3 Å². The first-order chi connectivity index (χ1) is 22.2. The Hall–Kier alpha value is -3.07. The fourth-order valence-corrected chi connectivity index (χ4v) is 8.31. The molecular weight excluding hydrogens is 709 g/mol. The summed E-state index contributed by atoms with van der Waals surface area (Å²) in [6, 6.07) is 0. The van der Waals surface area contributed by atoms with Crippen LogP contribution >= 0.6 is 13.4 Å². The highest BCUT2D eigenvalue weighted by Gasteiger charge is 2.59. The zero-order valence-electron chi connectivity index (χ0n) is 23.3. The van der Waals surface area contributed by atoms with Crippen molar-refractivity contribution in [3.63, 3.8) is 0 Å². The summed E-state index contributed by atoms with van der Waals surface area (Å²) in [7, 11) is 0. The van der Waals surface area contributed by atoms with Crippen LogP contribution in [0.2, 0.25) is 0 Å². The number of ether oxygens (including phenoxy) is 2. The van der Waals surface area contributed by atoms with Crippen molar-refractivity contribution in [1.82, 2.24) is 39.0 Å². The van der Waals surface area contributed by atoms with Crippen molar-refractivity contribution in [1.29, 1.82) is 0 Å². The second kappa shape index (κ2) is 11.5. The second-order valence-corrected chi connectivity index (χ2v) is 16.1. The number of aromatic nitrogens is 8. The smallest absolute Gasteiger partial charge is 0.325 e. The number of nitrogens with two attached hydrogens (primary N) is 2. The number of alkyl halides is 1. The van der Waals surface area contributed by atoms with Crippen LogP contribution in [0.4, 0.5) is 16.2 Å². The van der Waals surface area contributed by atoms with E-state index in [2.05, 4.69) is 35.8 Å². The third-order valence-electron chi connectivity index (χ3n) is 7.63. The number of rotatable bonds is 2. The molecule has 2 unspecified atom stereocenters. The molecule has 8 N–H and O–H groups in total. The highest BCUT2D eigenvalue weighted by molar-refractivity contribution is 8.07. The Balaban J connectivity index is 1.25. The van der Waals surface area contributed by atoms with Crippen molar-refractivity contribution < 1.29 is 46.9 Å². The van der Waals surface area contributed by atoms with E-state index in [1.807, 2.05) is 0 Å². The lowest BCUT2D eigenvalue weighted by Gasteiger charge is -2.33. The minimum atomic E-state index is -4.46. The molecule has 250 valence electrons. The van der Waals surface area contributed by atoms with E-state index in [-0.39, 0.29) is 34.1 Å². The molecule has 3 aliphatic rings. The lowest BCUT2D eigenvalue weighted by Crippen LogP contribution is -2.47. The molecule has 10 atom stereocenters. The summed E-state index contributed by atoms with van der Waals surface area (Å²) in [5.41, 5.74) is 8.87. The number of nitrogens with zero attached hydrogens (tertiary/aromatic N) is 7. The SMILES string of the molecule is C#C[C@@]12COP(O)(=S)O[C@@H]3[C@@H](F)[C@@H](COP(O)(=S)O[C@H]1[C@@H](O)[C@H](n1cnc4c(N)ncnc41)O2)O[C@H]3n1cnc2c(=O)[nH]c(N)nc21. The quantitative estimate of drug-likeness (QED) is 0.105. The molecule has 4 aromatic heterocycles. The van der Waals surface area contributed by atoms with Gasteiger partial charge in [0.1, 0.15) is 36.3 Å². The number of nitrogen functional groups attached to an aromatic ring is 2. The topological polar surface area (TPSA) is 275 Å². The Bertz CT molecular complexity index is 2100. The second-order valence-electron chi connectivity index (χ2n) is 10.5. The van der Waals surface area contributed by atoms with Crippen LogP contribution in [0.1, 0.15) is 12.5 Å². The number of hydrogen-bond donors (Lipinski definition) is 6. The first-order valence-corrected chi connectivity index (χ1v) is 18.5. The summed E-state index contributed by atoms with van der Waals surface area (Å²) in [5.74, 6) is 2.11. The summed E-state index contributed by atoms with van der Waals surface area (Å²) in [4.78, 5) is 57.1. The zero-order valence-corrected chi connectivity index (χ0v) is 26.8. The maximum Gasteiger partial charge on any atom is 0.325 e. The van der Waals surface area contributed by atoms with Gasteiger partial charge in [-0.05, 0) is 23.6 Å². The fourth-order valence-electron chi connectivity index (χ4n) is 5.47. The van der Waals surface area contributed by atoms with Crippen LogP contribution < -0.4 is 17.0 Å². The lowest BCUT2D eigenvalue weighted by molar-refractivity contribution is -0.0912. The number of halogens is 1. The molecule has 0 saturated carbocycles. The zero-order chi connectivity index (χ0) is 33.5. The molecule has 7 heterocycles. The van der Waals surface area contributed by atoms with Gasteiger partial charge in [0.05, 0.1) is 25.9 Å². The Morgan fingerprint density at radius 1 is 1.06 bits per heavy atom. The monoisotopic (exact) mass is 732 g/mol. The van der Waals surface area contributed by atoms with Gasteiger partial charge < -0.3 is 44.9 Å². The van der Waals surface area contributed by atoms with E-state index in [9.17, 15) is 19.7 Å². The maximum absolute atomic E-state index is 16.0. The molecule has 7 rings (SSSR count). The molecule has 3 aliphatic heterocycles. The van der Waals surface area contributed by atoms with Gasteiger partial charge in [-0.1, -0.05) is 5.92 Å². The number of terminal acetylenes is 1. The summed E-state index contributed by atoms with van der Waals surface area (Å²) in [6.07, 6.45) is -2.15. The first kappa shape index (κ1) is 32.5. The molecule has 0 aliphatic carbocycles. The molecule has 3 saturated heterocycles. The molecule has 0 amide bonds. The van der Waals surface area contributed by atoms with E-state index >= 15 is 4.39 Å². The summed E-state index contributed by atoms with van der Waals surface area (Å²) >= 11 is 10.4. The molecule has 20 nitrogen and oxygen atoms in total. The van der Waals surface area contributed by atoms with E-state index in [1.165, 1.54) is 17.2 Å². The number of hydrogen-bond acceptors (Lipinski definition) is 17. The molecule has 0 aromatic carbocycles. The molecule has 2 bridgehead atoms. The fraction of sp³-hybridized carbons (Fsp3) is 0.455. The molecule has 0 spiro atoms. The predicted molar refractivity (Wildman–Crippen MR) is 163 cm³/mol. The lowest BCUT2D eigenvalue weighted by atomic mass is 9.97. The average molecular weight is 733 g/mol. The van der Waals surface area contributed by atoms with Crippen LogP contribution in [0.25, 0.3) is 22.3 Å². The minimum absolute atomic E-state index is 0.0449.